The highest BCUT2D eigenvalue weighted by molar-refractivity contribution is 5.85. The van der Waals surface area contributed by atoms with E-state index in [1.54, 1.807) is 6.20 Å². The lowest BCUT2D eigenvalue weighted by Gasteiger charge is -2.21. The van der Waals surface area contributed by atoms with Crippen LogP contribution >= 0.6 is 24.8 Å². The van der Waals surface area contributed by atoms with Gasteiger partial charge in [-0.15, -0.1) is 24.8 Å². The number of nitrogens with one attached hydrogen (secondary N) is 1. The third-order valence-electron chi connectivity index (χ3n) is 4.07. The Kier molecular flexibility index (Phi) is 8.86. The van der Waals surface area contributed by atoms with Crippen molar-refractivity contribution < 1.29 is 9.53 Å². The Morgan fingerprint density at radius 1 is 1.16 bits per heavy atom. The van der Waals surface area contributed by atoms with Gasteiger partial charge in [0.05, 0.1) is 17.8 Å². The summed E-state index contributed by atoms with van der Waals surface area (Å²) in [7, 11) is 0. The van der Waals surface area contributed by atoms with Crippen molar-refractivity contribution in [1.82, 2.24) is 10.3 Å². The number of carbonyl (C=O) groups excluding carboxylic acids is 1. The van der Waals surface area contributed by atoms with Crippen LogP contribution in [0, 0.1) is 0 Å². The van der Waals surface area contributed by atoms with Crippen LogP contribution in [0.1, 0.15) is 30.1 Å². The SMILES string of the molecule is Cl.Cl.NC[C@H]1CC[C@@H](C(=O)NC(c2ccccc2)c2ccccn2)O1. The van der Waals surface area contributed by atoms with Gasteiger partial charge in [-0.1, -0.05) is 36.4 Å². The lowest BCUT2D eigenvalue weighted by molar-refractivity contribution is -0.132. The van der Waals surface area contributed by atoms with Crippen LogP contribution in [-0.4, -0.2) is 29.6 Å². The van der Waals surface area contributed by atoms with Crippen molar-refractivity contribution in [2.24, 2.45) is 5.73 Å². The number of aromatic nitrogens is 1. The Morgan fingerprint density at radius 2 is 1.88 bits per heavy atom. The van der Waals surface area contributed by atoms with Gasteiger partial charge in [-0.2, -0.15) is 0 Å². The van der Waals surface area contributed by atoms with Gasteiger partial charge in [-0.3, -0.25) is 9.78 Å². The number of nitrogens with two attached hydrogens (primary N) is 1. The van der Waals surface area contributed by atoms with E-state index in [4.69, 9.17) is 10.5 Å². The predicted molar refractivity (Wildman–Crippen MR) is 102 cm³/mol. The largest absolute Gasteiger partial charge is 0.364 e. The molecule has 0 radical (unpaired) electrons. The highest BCUT2D eigenvalue weighted by atomic mass is 35.5. The molecule has 0 aliphatic carbocycles. The minimum atomic E-state index is -0.432. The molecule has 3 atom stereocenters. The number of halogens is 2. The zero-order valence-corrected chi connectivity index (χ0v) is 15.3. The fourth-order valence-corrected chi connectivity index (χ4v) is 2.83. The molecule has 5 nitrogen and oxygen atoms in total. The average Bonchev–Trinajstić information content (AvgIpc) is 3.10. The standard InChI is InChI=1S/C18H21N3O2.2ClH/c19-12-14-9-10-16(23-14)18(22)21-17(13-6-2-1-3-7-13)15-8-4-5-11-20-15;;/h1-8,11,14,16-17H,9-10,12,19H2,(H,21,22);2*1H/t14-,16+,17?;;/m1../s1. The summed E-state index contributed by atoms with van der Waals surface area (Å²) in [5.74, 6) is -0.111. The fourth-order valence-electron chi connectivity index (χ4n) is 2.83. The van der Waals surface area contributed by atoms with Crippen LogP contribution in [0.4, 0.5) is 0 Å². The number of hydrogen-bond donors (Lipinski definition) is 2. The number of pyridine rings is 1. The monoisotopic (exact) mass is 383 g/mol. The van der Waals surface area contributed by atoms with Crippen molar-refractivity contribution >= 4 is 30.7 Å². The number of amides is 1. The first-order chi connectivity index (χ1) is 11.3. The lowest BCUT2D eigenvalue weighted by atomic mass is 10.0. The number of rotatable bonds is 5. The number of hydrogen-bond acceptors (Lipinski definition) is 4. The molecule has 1 aromatic carbocycles. The smallest absolute Gasteiger partial charge is 0.249 e. The molecule has 1 fully saturated rings. The molecule has 25 heavy (non-hydrogen) atoms. The molecule has 2 aromatic rings. The maximum absolute atomic E-state index is 12.6. The van der Waals surface area contributed by atoms with Crippen LogP contribution in [0.3, 0.4) is 0 Å². The molecule has 3 N–H and O–H groups in total. The van der Waals surface area contributed by atoms with Crippen molar-refractivity contribution in [2.45, 2.75) is 31.1 Å². The quantitative estimate of drug-likeness (QED) is 0.831. The molecule has 1 aliphatic rings. The summed E-state index contributed by atoms with van der Waals surface area (Å²) in [6, 6.07) is 15.2. The Hall–Kier alpha value is -1.66. The molecule has 7 heteroatoms. The Labute approximate surface area is 160 Å². The van der Waals surface area contributed by atoms with Crippen LogP contribution in [0.5, 0.6) is 0 Å². The second kappa shape index (κ2) is 10.4. The van der Waals surface area contributed by atoms with Crippen LogP contribution in [-0.2, 0) is 9.53 Å². The molecule has 1 unspecified atom stereocenters. The van der Waals surface area contributed by atoms with Gasteiger partial charge >= 0.3 is 0 Å². The van der Waals surface area contributed by atoms with Gasteiger partial charge in [0.1, 0.15) is 6.10 Å². The highest BCUT2D eigenvalue weighted by Gasteiger charge is 2.31. The molecule has 2 heterocycles. The van der Waals surface area contributed by atoms with Gasteiger partial charge in [-0.25, -0.2) is 0 Å². The predicted octanol–water partition coefficient (Wildman–Crippen LogP) is 2.64. The summed E-state index contributed by atoms with van der Waals surface area (Å²) in [5.41, 5.74) is 7.41. The first kappa shape index (κ1) is 21.4. The van der Waals surface area contributed by atoms with E-state index >= 15 is 0 Å². The van der Waals surface area contributed by atoms with E-state index in [2.05, 4.69) is 10.3 Å². The van der Waals surface area contributed by atoms with E-state index in [9.17, 15) is 4.79 Å². The van der Waals surface area contributed by atoms with Gasteiger partial charge in [-0.05, 0) is 30.5 Å². The van der Waals surface area contributed by atoms with Crippen molar-refractivity contribution in [3.8, 4) is 0 Å². The van der Waals surface area contributed by atoms with E-state index in [0.29, 0.717) is 13.0 Å². The maximum atomic E-state index is 12.6. The van der Waals surface area contributed by atoms with Crippen molar-refractivity contribution in [3.05, 3.63) is 66.0 Å². The second-order valence-electron chi connectivity index (χ2n) is 5.67. The molecule has 1 aliphatic heterocycles. The minimum absolute atomic E-state index is 0. The number of benzene rings is 1. The van der Waals surface area contributed by atoms with Gasteiger partial charge in [0.25, 0.3) is 0 Å². The molecule has 1 aromatic heterocycles. The third-order valence-corrected chi connectivity index (χ3v) is 4.07. The number of carbonyl (C=O) groups is 1. The molecule has 0 bridgehead atoms. The summed E-state index contributed by atoms with van der Waals surface area (Å²) in [6.45, 7) is 0.451. The average molecular weight is 384 g/mol. The van der Waals surface area contributed by atoms with Gasteiger partial charge in [0, 0.05) is 12.7 Å². The van der Waals surface area contributed by atoms with Crippen LogP contribution < -0.4 is 11.1 Å². The summed E-state index contributed by atoms with van der Waals surface area (Å²) in [5, 5.41) is 3.07. The summed E-state index contributed by atoms with van der Waals surface area (Å²) < 4.78 is 5.69. The Balaban J connectivity index is 0.00000156. The molecule has 3 rings (SSSR count). The zero-order chi connectivity index (χ0) is 16.1. The topological polar surface area (TPSA) is 77.2 Å². The molecular weight excluding hydrogens is 361 g/mol. The molecular formula is C18H23Cl2N3O2. The summed E-state index contributed by atoms with van der Waals surface area (Å²) >= 11 is 0. The van der Waals surface area contributed by atoms with E-state index in [1.165, 1.54) is 0 Å². The minimum Gasteiger partial charge on any atom is -0.364 e. The van der Waals surface area contributed by atoms with Gasteiger partial charge in [0.15, 0.2) is 0 Å². The fraction of sp³-hybridized carbons (Fsp3) is 0.333. The third kappa shape index (κ3) is 5.41. The van der Waals surface area contributed by atoms with Crippen LogP contribution in [0.15, 0.2) is 54.7 Å². The van der Waals surface area contributed by atoms with Crippen molar-refractivity contribution in [1.29, 1.82) is 0 Å². The van der Waals surface area contributed by atoms with Crippen LogP contribution in [0.25, 0.3) is 0 Å². The Bertz CT molecular complexity index is 604. The first-order valence-corrected chi connectivity index (χ1v) is 7.89. The first-order valence-electron chi connectivity index (χ1n) is 7.89. The van der Waals surface area contributed by atoms with Crippen LogP contribution in [0.2, 0.25) is 0 Å². The molecule has 1 saturated heterocycles. The van der Waals surface area contributed by atoms with Gasteiger partial charge in [0.2, 0.25) is 5.91 Å². The van der Waals surface area contributed by atoms with E-state index < -0.39 is 6.10 Å². The summed E-state index contributed by atoms with van der Waals surface area (Å²) in [6.07, 6.45) is 2.81. The molecule has 0 spiro atoms. The summed E-state index contributed by atoms with van der Waals surface area (Å²) in [4.78, 5) is 16.9. The molecule has 1 amide bonds. The molecule has 0 saturated carbocycles. The number of ether oxygens (including phenoxy) is 1. The maximum Gasteiger partial charge on any atom is 0.249 e. The van der Waals surface area contributed by atoms with Gasteiger partial charge < -0.3 is 15.8 Å². The van der Waals surface area contributed by atoms with E-state index in [1.807, 2.05) is 48.5 Å². The van der Waals surface area contributed by atoms with Crippen molar-refractivity contribution in [2.75, 3.05) is 6.54 Å². The highest BCUT2D eigenvalue weighted by Crippen LogP contribution is 2.23. The van der Waals surface area contributed by atoms with E-state index in [0.717, 1.165) is 17.7 Å². The second-order valence-corrected chi connectivity index (χ2v) is 5.67. The lowest BCUT2D eigenvalue weighted by Crippen LogP contribution is -2.38. The van der Waals surface area contributed by atoms with Crippen molar-refractivity contribution in [3.63, 3.8) is 0 Å². The van der Waals surface area contributed by atoms with E-state index in [-0.39, 0.29) is 42.9 Å². The molecule has 136 valence electrons. The Morgan fingerprint density at radius 3 is 2.48 bits per heavy atom. The number of nitrogens with zero attached hydrogens (tertiary/aromatic N) is 1. The zero-order valence-electron chi connectivity index (χ0n) is 13.7. The normalized spacial score (nSPS) is 20.0.